The molecule has 0 aromatic heterocycles. The molecule has 2 aromatic carbocycles. The zero-order valence-corrected chi connectivity index (χ0v) is 18.8. The number of nitrogens with zero attached hydrogens (tertiary/aromatic N) is 1. The molecule has 0 spiro atoms. The van der Waals surface area contributed by atoms with E-state index >= 15 is 0 Å². The summed E-state index contributed by atoms with van der Waals surface area (Å²) in [5.41, 5.74) is 0.842. The second-order valence-corrected chi connectivity index (χ2v) is 10.4. The fourth-order valence-corrected chi connectivity index (χ4v) is 4.71. The smallest absolute Gasteiger partial charge is 0.251 e. The molecule has 0 bridgehead atoms. The first kappa shape index (κ1) is 23.8. The molecule has 0 atom stereocenters. The van der Waals surface area contributed by atoms with Gasteiger partial charge in [0.2, 0.25) is 20.0 Å². The molecule has 2 rings (SSSR count). The second-order valence-electron chi connectivity index (χ2n) is 6.48. The number of rotatable bonds is 9. The molecule has 0 radical (unpaired) electrons. The first-order valence-electron chi connectivity index (χ1n) is 9.00. The number of carbonyl (C=O) groups excluding carboxylic acids is 1. The predicted molar refractivity (Wildman–Crippen MR) is 112 cm³/mol. The zero-order valence-electron chi connectivity index (χ0n) is 17.2. The van der Waals surface area contributed by atoms with E-state index in [1.54, 1.807) is 19.1 Å². The SMILES string of the molecule is CCNS(=O)(=O)c1cc(C(=O)NCc2ccc(S(=O)(=O)N(C)C)cc2)ccc1OC. The van der Waals surface area contributed by atoms with E-state index in [2.05, 4.69) is 10.0 Å². The van der Waals surface area contributed by atoms with Gasteiger partial charge in [-0.25, -0.2) is 25.9 Å². The average molecular weight is 456 g/mol. The molecule has 2 aromatic rings. The predicted octanol–water partition coefficient (Wildman–Crippen LogP) is 1.17. The molecule has 1 amide bonds. The van der Waals surface area contributed by atoms with Gasteiger partial charge in [0.25, 0.3) is 5.91 Å². The van der Waals surface area contributed by atoms with E-state index in [9.17, 15) is 21.6 Å². The van der Waals surface area contributed by atoms with Crippen molar-refractivity contribution < 1.29 is 26.4 Å². The van der Waals surface area contributed by atoms with Gasteiger partial charge in [-0.3, -0.25) is 4.79 Å². The fraction of sp³-hybridized carbons (Fsp3) is 0.316. The van der Waals surface area contributed by atoms with Gasteiger partial charge in [-0.2, -0.15) is 0 Å². The minimum Gasteiger partial charge on any atom is -0.495 e. The molecular formula is C19H25N3O6S2. The summed E-state index contributed by atoms with van der Waals surface area (Å²) < 4.78 is 57.5. The maximum atomic E-state index is 12.5. The molecule has 0 saturated carbocycles. The van der Waals surface area contributed by atoms with Gasteiger partial charge < -0.3 is 10.1 Å². The Morgan fingerprint density at radius 3 is 2.20 bits per heavy atom. The monoisotopic (exact) mass is 455 g/mol. The summed E-state index contributed by atoms with van der Waals surface area (Å²) in [7, 11) is -3.10. The lowest BCUT2D eigenvalue weighted by Crippen LogP contribution is -2.26. The van der Waals surface area contributed by atoms with Crippen molar-refractivity contribution in [3.63, 3.8) is 0 Å². The van der Waals surface area contributed by atoms with Crippen LogP contribution in [0.25, 0.3) is 0 Å². The van der Waals surface area contributed by atoms with Gasteiger partial charge in [0.1, 0.15) is 10.6 Å². The average Bonchev–Trinajstić information content (AvgIpc) is 2.71. The lowest BCUT2D eigenvalue weighted by Gasteiger charge is -2.13. The zero-order chi connectivity index (χ0) is 22.5. The van der Waals surface area contributed by atoms with Crippen LogP contribution < -0.4 is 14.8 Å². The van der Waals surface area contributed by atoms with Gasteiger partial charge in [-0.15, -0.1) is 0 Å². The molecule has 0 unspecified atom stereocenters. The minimum atomic E-state index is -3.82. The molecular weight excluding hydrogens is 430 g/mol. The van der Waals surface area contributed by atoms with Gasteiger partial charge in [0.05, 0.1) is 12.0 Å². The molecule has 0 saturated heterocycles. The Labute approximate surface area is 177 Å². The molecule has 0 heterocycles. The highest BCUT2D eigenvalue weighted by molar-refractivity contribution is 7.89. The van der Waals surface area contributed by atoms with Crippen molar-refractivity contribution in [2.24, 2.45) is 0 Å². The first-order chi connectivity index (χ1) is 14.0. The molecule has 0 aliphatic heterocycles. The highest BCUT2D eigenvalue weighted by Gasteiger charge is 2.21. The molecule has 164 valence electrons. The standard InChI is InChI=1S/C19H25N3O6S2/c1-5-21-29(24,25)18-12-15(8-11-17(18)28-4)19(23)20-13-14-6-9-16(10-7-14)30(26,27)22(2)3/h6-12,21H,5,13H2,1-4H3,(H,20,23). The third kappa shape index (κ3) is 5.36. The van der Waals surface area contributed by atoms with E-state index in [1.165, 1.54) is 51.5 Å². The van der Waals surface area contributed by atoms with E-state index in [4.69, 9.17) is 4.74 Å². The number of hydrogen-bond acceptors (Lipinski definition) is 6. The molecule has 0 aliphatic carbocycles. The number of ether oxygens (including phenoxy) is 1. The van der Waals surface area contributed by atoms with Crippen LogP contribution >= 0.6 is 0 Å². The number of hydrogen-bond donors (Lipinski definition) is 2. The van der Waals surface area contributed by atoms with Gasteiger partial charge in [0, 0.05) is 32.7 Å². The Kier molecular flexibility index (Phi) is 7.59. The van der Waals surface area contributed by atoms with Gasteiger partial charge >= 0.3 is 0 Å². The molecule has 0 fully saturated rings. The van der Waals surface area contributed by atoms with Crippen molar-refractivity contribution >= 4 is 26.0 Å². The van der Waals surface area contributed by atoms with Crippen LogP contribution in [-0.2, 0) is 26.6 Å². The normalized spacial score (nSPS) is 12.0. The van der Waals surface area contributed by atoms with Crippen LogP contribution in [0.2, 0.25) is 0 Å². The van der Waals surface area contributed by atoms with Crippen molar-refractivity contribution in [1.82, 2.24) is 14.3 Å². The topological polar surface area (TPSA) is 122 Å². The Hall–Kier alpha value is -2.47. The summed E-state index contributed by atoms with van der Waals surface area (Å²) in [6.45, 7) is 1.99. The van der Waals surface area contributed by atoms with Crippen molar-refractivity contribution in [2.45, 2.75) is 23.3 Å². The van der Waals surface area contributed by atoms with Crippen molar-refractivity contribution in [3.05, 3.63) is 53.6 Å². The largest absolute Gasteiger partial charge is 0.495 e. The van der Waals surface area contributed by atoms with Gasteiger partial charge in [0.15, 0.2) is 0 Å². The number of carbonyl (C=O) groups is 1. The van der Waals surface area contributed by atoms with Crippen LogP contribution in [0.15, 0.2) is 52.3 Å². The Morgan fingerprint density at radius 2 is 1.67 bits per heavy atom. The Balaban J connectivity index is 2.17. The number of nitrogens with one attached hydrogen (secondary N) is 2. The quantitative estimate of drug-likeness (QED) is 0.585. The lowest BCUT2D eigenvalue weighted by atomic mass is 10.2. The summed E-state index contributed by atoms with van der Waals surface area (Å²) in [6.07, 6.45) is 0. The summed E-state index contributed by atoms with van der Waals surface area (Å²) in [5, 5.41) is 2.69. The highest BCUT2D eigenvalue weighted by Crippen LogP contribution is 2.25. The number of sulfonamides is 2. The molecule has 11 heteroatoms. The number of benzene rings is 2. The van der Waals surface area contributed by atoms with Crippen LogP contribution in [0.5, 0.6) is 5.75 Å². The van der Waals surface area contributed by atoms with E-state index in [0.717, 1.165) is 4.31 Å². The first-order valence-corrected chi connectivity index (χ1v) is 11.9. The summed E-state index contributed by atoms with van der Waals surface area (Å²) >= 11 is 0. The van der Waals surface area contributed by atoms with Crippen LogP contribution in [-0.4, -0.2) is 54.8 Å². The summed E-state index contributed by atoms with van der Waals surface area (Å²) in [4.78, 5) is 12.5. The van der Waals surface area contributed by atoms with Crippen molar-refractivity contribution in [2.75, 3.05) is 27.7 Å². The third-order valence-corrected chi connectivity index (χ3v) is 7.60. The Morgan fingerprint density at radius 1 is 1.03 bits per heavy atom. The maximum absolute atomic E-state index is 12.5. The van der Waals surface area contributed by atoms with Crippen LogP contribution in [0.4, 0.5) is 0 Å². The number of amides is 1. The van der Waals surface area contributed by atoms with Crippen LogP contribution in [0.1, 0.15) is 22.8 Å². The van der Waals surface area contributed by atoms with E-state index in [1.807, 2.05) is 0 Å². The van der Waals surface area contributed by atoms with E-state index in [-0.39, 0.29) is 34.2 Å². The lowest BCUT2D eigenvalue weighted by molar-refractivity contribution is 0.0950. The number of methoxy groups -OCH3 is 1. The Bertz CT molecular complexity index is 1110. The molecule has 0 aliphatic rings. The van der Waals surface area contributed by atoms with Gasteiger partial charge in [-0.1, -0.05) is 19.1 Å². The van der Waals surface area contributed by atoms with E-state index in [0.29, 0.717) is 5.56 Å². The summed E-state index contributed by atoms with van der Waals surface area (Å²) in [5.74, 6) is -0.346. The van der Waals surface area contributed by atoms with Crippen LogP contribution in [0, 0.1) is 0 Å². The molecule has 2 N–H and O–H groups in total. The van der Waals surface area contributed by atoms with Crippen molar-refractivity contribution in [3.8, 4) is 5.75 Å². The minimum absolute atomic E-state index is 0.127. The fourth-order valence-electron chi connectivity index (χ4n) is 2.57. The third-order valence-electron chi connectivity index (χ3n) is 4.20. The summed E-state index contributed by atoms with van der Waals surface area (Å²) in [6, 6.07) is 10.3. The molecule has 9 nitrogen and oxygen atoms in total. The van der Waals surface area contributed by atoms with Crippen molar-refractivity contribution in [1.29, 1.82) is 0 Å². The second kappa shape index (κ2) is 9.56. The van der Waals surface area contributed by atoms with Gasteiger partial charge in [-0.05, 0) is 35.9 Å². The van der Waals surface area contributed by atoms with E-state index < -0.39 is 26.0 Å². The molecule has 30 heavy (non-hydrogen) atoms. The maximum Gasteiger partial charge on any atom is 0.251 e. The van der Waals surface area contributed by atoms with Crippen LogP contribution in [0.3, 0.4) is 0 Å². The highest BCUT2D eigenvalue weighted by atomic mass is 32.2.